The summed E-state index contributed by atoms with van der Waals surface area (Å²) in [5.41, 5.74) is 0.763. The summed E-state index contributed by atoms with van der Waals surface area (Å²) in [4.78, 5) is 2.05. The van der Waals surface area contributed by atoms with E-state index in [0.717, 1.165) is 12.1 Å². The standard InChI is InChI=1S/C13H19NO4S/c1-18-12-5-2-4-11(13(12)15)10-14-6-3-8-19(16,17)9-7-14/h2,4-5,15H,3,6-10H2,1H3. The summed E-state index contributed by atoms with van der Waals surface area (Å²) < 4.78 is 28.1. The Kier molecular flexibility index (Phi) is 4.31. The Labute approximate surface area is 113 Å². The van der Waals surface area contributed by atoms with Crippen LogP contribution in [0.25, 0.3) is 0 Å². The molecule has 0 atom stereocenters. The molecule has 0 radical (unpaired) electrons. The molecule has 1 aliphatic heterocycles. The molecule has 0 spiro atoms. The van der Waals surface area contributed by atoms with E-state index in [1.54, 1.807) is 6.07 Å². The third kappa shape index (κ3) is 3.61. The van der Waals surface area contributed by atoms with Gasteiger partial charge in [-0.1, -0.05) is 12.1 Å². The largest absolute Gasteiger partial charge is 0.504 e. The smallest absolute Gasteiger partial charge is 0.162 e. The number of para-hydroxylation sites is 1. The van der Waals surface area contributed by atoms with Crippen LogP contribution < -0.4 is 4.74 Å². The first kappa shape index (κ1) is 14.1. The zero-order chi connectivity index (χ0) is 13.9. The van der Waals surface area contributed by atoms with Crippen molar-refractivity contribution in [3.8, 4) is 11.5 Å². The van der Waals surface area contributed by atoms with Crippen LogP contribution in [0.2, 0.25) is 0 Å². The second kappa shape index (κ2) is 5.79. The van der Waals surface area contributed by atoms with Gasteiger partial charge in [0.15, 0.2) is 21.3 Å². The van der Waals surface area contributed by atoms with Gasteiger partial charge in [-0.05, 0) is 19.0 Å². The lowest BCUT2D eigenvalue weighted by molar-refractivity contribution is 0.280. The summed E-state index contributed by atoms with van der Waals surface area (Å²) >= 11 is 0. The first-order chi connectivity index (χ1) is 9.02. The normalized spacial score (nSPS) is 19.8. The van der Waals surface area contributed by atoms with Crippen molar-refractivity contribution in [3.05, 3.63) is 23.8 Å². The van der Waals surface area contributed by atoms with Gasteiger partial charge in [-0.2, -0.15) is 0 Å². The van der Waals surface area contributed by atoms with Gasteiger partial charge in [0.2, 0.25) is 0 Å². The highest BCUT2D eigenvalue weighted by atomic mass is 32.2. The molecule has 0 unspecified atom stereocenters. The molecule has 5 nitrogen and oxygen atoms in total. The molecule has 6 heteroatoms. The lowest BCUT2D eigenvalue weighted by Crippen LogP contribution is -2.26. The first-order valence-electron chi connectivity index (χ1n) is 6.29. The average Bonchev–Trinajstić information content (AvgIpc) is 2.54. The lowest BCUT2D eigenvalue weighted by atomic mass is 10.1. The fraction of sp³-hybridized carbons (Fsp3) is 0.538. The maximum Gasteiger partial charge on any atom is 0.162 e. The quantitative estimate of drug-likeness (QED) is 0.898. The van der Waals surface area contributed by atoms with Crippen molar-refractivity contribution in [3.63, 3.8) is 0 Å². The van der Waals surface area contributed by atoms with Crippen molar-refractivity contribution >= 4 is 9.84 Å². The molecule has 2 rings (SSSR count). The second-order valence-electron chi connectivity index (χ2n) is 4.75. The minimum absolute atomic E-state index is 0.136. The van der Waals surface area contributed by atoms with Gasteiger partial charge in [-0.15, -0.1) is 0 Å². The number of nitrogens with zero attached hydrogens (tertiary/aromatic N) is 1. The molecule has 0 saturated carbocycles. The van der Waals surface area contributed by atoms with Crippen molar-refractivity contribution in [2.75, 3.05) is 31.7 Å². The number of benzene rings is 1. The van der Waals surface area contributed by atoms with Gasteiger partial charge in [-0.25, -0.2) is 8.42 Å². The molecule has 0 bridgehead atoms. The van der Waals surface area contributed by atoms with Crippen molar-refractivity contribution in [2.45, 2.75) is 13.0 Å². The van der Waals surface area contributed by atoms with E-state index < -0.39 is 9.84 Å². The molecule has 19 heavy (non-hydrogen) atoms. The Morgan fingerprint density at radius 2 is 2.11 bits per heavy atom. The molecular formula is C13H19NO4S. The molecule has 0 amide bonds. The number of phenols is 1. The Balaban J connectivity index is 2.09. The minimum atomic E-state index is -2.90. The average molecular weight is 285 g/mol. The Hall–Kier alpha value is -1.27. The van der Waals surface area contributed by atoms with E-state index in [1.165, 1.54) is 7.11 Å². The minimum Gasteiger partial charge on any atom is -0.504 e. The lowest BCUT2D eigenvalue weighted by Gasteiger charge is -2.20. The Morgan fingerprint density at radius 1 is 1.32 bits per heavy atom. The van der Waals surface area contributed by atoms with Crippen LogP contribution >= 0.6 is 0 Å². The van der Waals surface area contributed by atoms with Gasteiger partial charge >= 0.3 is 0 Å². The molecule has 0 aliphatic carbocycles. The summed E-state index contributed by atoms with van der Waals surface area (Å²) in [6, 6.07) is 5.35. The fourth-order valence-electron chi connectivity index (χ4n) is 2.25. The Bertz CT molecular complexity index is 542. The number of aromatic hydroxyl groups is 1. The molecule has 1 aromatic rings. The van der Waals surface area contributed by atoms with Crippen LogP contribution in [0, 0.1) is 0 Å². The van der Waals surface area contributed by atoms with E-state index in [0.29, 0.717) is 25.3 Å². The first-order valence-corrected chi connectivity index (χ1v) is 8.11. The molecule has 106 valence electrons. The molecular weight excluding hydrogens is 266 g/mol. The molecule has 1 heterocycles. The third-order valence-corrected chi connectivity index (χ3v) is 5.06. The summed E-state index contributed by atoms with van der Waals surface area (Å²) in [5.74, 6) is 1.03. The highest BCUT2D eigenvalue weighted by Crippen LogP contribution is 2.30. The summed E-state index contributed by atoms with van der Waals surface area (Å²) in [7, 11) is -1.38. The van der Waals surface area contributed by atoms with Crippen LogP contribution in [-0.4, -0.2) is 50.1 Å². The molecule has 1 N–H and O–H groups in total. The monoisotopic (exact) mass is 285 g/mol. The van der Waals surface area contributed by atoms with Gasteiger partial charge in [0, 0.05) is 18.7 Å². The third-order valence-electron chi connectivity index (χ3n) is 3.34. The zero-order valence-electron chi connectivity index (χ0n) is 11.0. The van der Waals surface area contributed by atoms with E-state index in [2.05, 4.69) is 4.90 Å². The van der Waals surface area contributed by atoms with Crippen molar-refractivity contribution in [1.82, 2.24) is 4.90 Å². The van der Waals surface area contributed by atoms with Gasteiger partial charge < -0.3 is 9.84 Å². The molecule has 1 aromatic carbocycles. The van der Waals surface area contributed by atoms with E-state index in [4.69, 9.17) is 4.74 Å². The topological polar surface area (TPSA) is 66.8 Å². The predicted octanol–water partition coefficient (Wildman–Crippen LogP) is 1.02. The SMILES string of the molecule is COc1cccc(CN2CCCS(=O)(=O)CC2)c1O. The van der Waals surface area contributed by atoms with Crippen LogP contribution in [0.3, 0.4) is 0 Å². The van der Waals surface area contributed by atoms with E-state index in [-0.39, 0.29) is 17.3 Å². The molecule has 1 aliphatic rings. The van der Waals surface area contributed by atoms with Crippen LogP contribution in [0.1, 0.15) is 12.0 Å². The maximum absolute atomic E-state index is 11.5. The molecule has 1 fully saturated rings. The van der Waals surface area contributed by atoms with Gasteiger partial charge in [0.05, 0.1) is 18.6 Å². The zero-order valence-corrected chi connectivity index (χ0v) is 11.8. The highest BCUT2D eigenvalue weighted by Gasteiger charge is 2.20. The maximum atomic E-state index is 11.5. The second-order valence-corrected chi connectivity index (χ2v) is 7.05. The summed E-state index contributed by atoms with van der Waals surface area (Å²) in [6.45, 7) is 1.79. The number of phenolic OH excluding ortho intramolecular Hbond substituents is 1. The van der Waals surface area contributed by atoms with Gasteiger partial charge in [0.25, 0.3) is 0 Å². The number of hydrogen-bond acceptors (Lipinski definition) is 5. The van der Waals surface area contributed by atoms with Crippen molar-refractivity contribution in [1.29, 1.82) is 0 Å². The van der Waals surface area contributed by atoms with Crippen LogP contribution in [0.15, 0.2) is 18.2 Å². The predicted molar refractivity (Wildman–Crippen MR) is 73.2 cm³/mol. The van der Waals surface area contributed by atoms with Crippen LogP contribution in [0.4, 0.5) is 0 Å². The highest BCUT2D eigenvalue weighted by molar-refractivity contribution is 7.91. The number of methoxy groups -OCH3 is 1. The molecule has 1 saturated heterocycles. The fourth-order valence-corrected chi connectivity index (χ4v) is 3.56. The van der Waals surface area contributed by atoms with E-state index >= 15 is 0 Å². The van der Waals surface area contributed by atoms with E-state index in [1.807, 2.05) is 12.1 Å². The summed E-state index contributed by atoms with van der Waals surface area (Å²) in [5, 5.41) is 10.0. The number of ether oxygens (including phenoxy) is 1. The number of rotatable bonds is 3. The van der Waals surface area contributed by atoms with Crippen molar-refractivity contribution in [2.24, 2.45) is 0 Å². The van der Waals surface area contributed by atoms with Crippen LogP contribution in [0.5, 0.6) is 11.5 Å². The van der Waals surface area contributed by atoms with E-state index in [9.17, 15) is 13.5 Å². The molecule has 0 aromatic heterocycles. The Morgan fingerprint density at radius 3 is 2.84 bits per heavy atom. The van der Waals surface area contributed by atoms with Gasteiger partial charge in [-0.3, -0.25) is 4.90 Å². The number of hydrogen-bond donors (Lipinski definition) is 1. The number of sulfone groups is 1. The van der Waals surface area contributed by atoms with Crippen LogP contribution in [-0.2, 0) is 16.4 Å². The summed E-state index contributed by atoms with van der Waals surface area (Å²) in [6.07, 6.45) is 0.646. The van der Waals surface area contributed by atoms with Crippen molar-refractivity contribution < 1.29 is 18.3 Å². The van der Waals surface area contributed by atoms with Gasteiger partial charge in [0.1, 0.15) is 0 Å².